The van der Waals surface area contributed by atoms with Gasteiger partial charge in [-0.05, 0) is 29.1 Å². The highest BCUT2D eigenvalue weighted by Gasteiger charge is 2.27. The van der Waals surface area contributed by atoms with Crippen LogP contribution in [0.1, 0.15) is 15.2 Å². The van der Waals surface area contributed by atoms with Crippen LogP contribution in [0.5, 0.6) is 5.75 Å². The molecule has 128 valence electrons. The van der Waals surface area contributed by atoms with Crippen LogP contribution in [0, 0.1) is 0 Å². The van der Waals surface area contributed by atoms with Crippen molar-refractivity contribution in [2.45, 2.75) is 11.4 Å². The summed E-state index contributed by atoms with van der Waals surface area (Å²) in [7, 11) is -2.46. The molecule has 0 radical (unpaired) electrons. The van der Waals surface area contributed by atoms with Gasteiger partial charge in [0.25, 0.3) is 0 Å². The van der Waals surface area contributed by atoms with Gasteiger partial charge in [0.05, 0.1) is 0 Å². The van der Waals surface area contributed by atoms with E-state index in [9.17, 15) is 13.2 Å². The van der Waals surface area contributed by atoms with Crippen LogP contribution in [-0.4, -0.2) is 37.5 Å². The molecule has 1 aromatic heterocycles. The van der Waals surface area contributed by atoms with Gasteiger partial charge in [0.2, 0.25) is 10.0 Å². The fourth-order valence-corrected chi connectivity index (χ4v) is 4.40. The summed E-state index contributed by atoms with van der Waals surface area (Å²) < 4.78 is 31.6. The lowest BCUT2D eigenvalue weighted by Crippen LogP contribution is -2.27. The predicted molar refractivity (Wildman–Crippen MR) is 92.1 cm³/mol. The molecule has 1 aromatic carbocycles. The molecule has 0 bridgehead atoms. The number of thiophene rings is 1. The minimum Gasteiger partial charge on any atom is -0.490 e. The highest BCUT2D eigenvalue weighted by atomic mass is 32.2. The SMILES string of the molecule is C=CCOc1ccc(CN(C)S(=O)(=O)c2ccsc2C(=O)O)cc1. The number of sulfonamides is 1. The Bertz CT molecular complexity index is 824. The Balaban J connectivity index is 2.16. The molecule has 0 spiro atoms. The molecule has 24 heavy (non-hydrogen) atoms. The van der Waals surface area contributed by atoms with Gasteiger partial charge in [-0.3, -0.25) is 0 Å². The molecule has 8 heteroatoms. The Labute approximate surface area is 144 Å². The van der Waals surface area contributed by atoms with E-state index in [2.05, 4.69) is 6.58 Å². The second kappa shape index (κ2) is 7.61. The maximum Gasteiger partial charge on any atom is 0.347 e. The predicted octanol–water partition coefficient (Wildman–Crippen LogP) is 2.83. The van der Waals surface area contributed by atoms with E-state index in [1.165, 1.54) is 18.5 Å². The summed E-state index contributed by atoms with van der Waals surface area (Å²) in [6, 6.07) is 8.32. The van der Waals surface area contributed by atoms with Crippen molar-refractivity contribution in [1.82, 2.24) is 4.31 Å². The molecular formula is C16H17NO5S2. The van der Waals surface area contributed by atoms with Crippen LogP contribution in [0.25, 0.3) is 0 Å². The van der Waals surface area contributed by atoms with Gasteiger partial charge < -0.3 is 9.84 Å². The van der Waals surface area contributed by atoms with Crippen LogP contribution in [0.4, 0.5) is 0 Å². The topological polar surface area (TPSA) is 83.9 Å². The van der Waals surface area contributed by atoms with Crippen molar-refractivity contribution < 1.29 is 23.1 Å². The van der Waals surface area contributed by atoms with Crippen LogP contribution in [-0.2, 0) is 16.6 Å². The minimum absolute atomic E-state index is 0.124. The van der Waals surface area contributed by atoms with Crippen LogP contribution >= 0.6 is 11.3 Å². The summed E-state index contributed by atoms with van der Waals surface area (Å²) in [4.78, 5) is 10.8. The van der Waals surface area contributed by atoms with E-state index in [-0.39, 0.29) is 16.3 Å². The third-order valence-electron chi connectivity index (χ3n) is 3.21. The van der Waals surface area contributed by atoms with Crippen molar-refractivity contribution in [3.8, 4) is 5.75 Å². The standard InChI is InChI=1S/C16H17NO5S2/c1-3-9-22-13-6-4-12(5-7-13)11-17(2)24(20,21)14-8-10-23-15(14)16(18)19/h3-8,10H,1,9,11H2,2H3,(H,18,19). The molecule has 0 fully saturated rings. The minimum atomic E-state index is -3.88. The average molecular weight is 367 g/mol. The van der Waals surface area contributed by atoms with Crippen LogP contribution in [0.2, 0.25) is 0 Å². The number of hydrogen-bond acceptors (Lipinski definition) is 5. The molecule has 0 amide bonds. The number of benzene rings is 1. The van der Waals surface area contributed by atoms with Gasteiger partial charge in [-0.15, -0.1) is 11.3 Å². The first kappa shape index (κ1) is 18.2. The monoisotopic (exact) mass is 367 g/mol. The van der Waals surface area contributed by atoms with Gasteiger partial charge in [0.15, 0.2) is 0 Å². The van der Waals surface area contributed by atoms with E-state index >= 15 is 0 Å². The molecule has 1 N–H and O–H groups in total. The van der Waals surface area contributed by atoms with Crippen molar-refractivity contribution in [2.75, 3.05) is 13.7 Å². The molecule has 2 aromatic rings. The second-order valence-corrected chi connectivity index (χ2v) is 7.85. The molecule has 0 unspecified atom stereocenters. The lowest BCUT2D eigenvalue weighted by Gasteiger charge is -2.17. The van der Waals surface area contributed by atoms with Crippen molar-refractivity contribution in [1.29, 1.82) is 0 Å². The second-order valence-electron chi connectivity index (χ2n) is 4.92. The molecule has 0 atom stereocenters. The van der Waals surface area contributed by atoms with E-state index in [4.69, 9.17) is 9.84 Å². The van der Waals surface area contributed by atoms with E-state index in [0.717, 1.165) is 21.2 Å². The number of carbonyl (C=O) groups is 1. The largest absolute Gasteiger partial charge is 0.490 e. The average Bonchev–Trinajstić information content (AvgIpc) is 3.05. The molecule has 6 nitrogen and oxygen atoms in total. The molecule has 0 aliphatic rings. The maximum absolute atomic E-state index is 12.6. The molecule has 0 aliphatic carbocycles. The van der Waals surface area contributed by atoms with E-state index < -0.39 is 16.0 Å². The van der Waals surface area contributed by atoms with E-state index in [1.807, 2.05) is 0 Å². The normalized spacial score (nSPS) is 11.4. The quantitative estimate of drug-likeness (QED) is 0.725. The zero-order valence-corrected chi connectivity index (χ0v) is 14.6. The summed E-state index contributed by atoms with van der Waals surface area (Å²) in [5.74, 6) is -0.587. The molecule has 1 heterocycles. The van der Waals surface area contributed by atoms with Gasteiger partial charge in [0, 0.05) is 13.6 Å². The first-order valence-electron chi connectivity index (χ1n) is 6.96. The number of hydrogen-bond donors (Lipinski definition) is 1. The smallest absolute Gasteiger partial charge is 0.347 e. The molecule has 0 saturated heterocycles. The highest BCUT2D eigenvalue weighted by Crippen LogP contribution is 2.25. The Hall–Kier alpha value is -2.16. The van der Waals surface area contributed by atoms with Crippen LogP contribution in [0.15, 0.2) is 53.3 Å². The van der Waals surface area contributed by atoms with Crippen LogP contribution < -0.4 is 4.74 Å². The Morgan fingerprint density at radius 2 is 2.00 bits per heavy atom. The summed E-state index contributed by atoms with van der Waals surface area (Å²) in [6.45, 7) is 4.08. The van der Waals surface area contributed by atoms with Crippen molar-refractivity contribution in [3.63, 3.8) is 0 Å². The van der Waals surface area contributed by atoms with Gasteiger partial charge in [0.1, 0.15) is 22.1 Å². The Morgan fingerprint density at radius 3 is 2.58 bits per heavy atom. The zero-order valence-electron chi connectivity index (χ0n) is 13.0. The molecule has 2 rings (SSSR count). The Kier molecular flexibility index (Phi) is 5.76. The first-order valence-corrected chi connectivity index (χ1v) is 9.28. The number of carboxylic acids is 1. The fraction of sp³-hybridized carbons (Fsp3) is 0.188. The third-order valence-corrected chi connectivity index (χ3v) is 6.09. The maximum atomic E-state index is 12.6. The molecular weight excluding hydrogens is 350 g/mol. The van der Waals surface area contributed by atoms with E-state index in [0.29, 0.717) is 12.4 Å². The van der Waals surface area contributed by atoms with Gasteiger partial charge in [-0.2, -0.15) is 4.31 Å². The summed E-state index contributed by atoms with van der Waals surface area (Å²) in [5, 5.41) is 10.6. The summed E-state index contributed by atoms with van der Waals surface area (Å²) in [5.41, 5.74) is 0.763. The number of aromatic carboxylic acids is 1. The number of rotatable bonds is 8. The molecule has 0 aliphatic heterocycles. The van der Waals surface area contributed by atoms with Crippen molar-refractivity contribution in [2.24, 2.45) is 0 Å². The Morgan fingerprint density at radius 1 is 1.33 bits per heavy atom. The third kappa shape index (κ3) is 4.02. The van der Waals surface area contributed by atoms with Crippen molar-refractivity contribution in [3.05, 3.63) is 58.8 Å². The number of ether oxygens (including phenoxy) is 1. The zero-order chi connectivity index (χ0) is 17.7. The first-order chi connectivity index (χ1) is 11.4. The van der Waals surface area contributed by atoms with Gasteiger partial charge in [-0.25, -0.2) is 13.2 Å². The highest BCUT2D eigenvalue weighted by molar-refractivity contribution is 7.89. The summed E-state index contributed by atoms with van der Waals surface area (Å²) in [6.07, 6.45) is 1.63. The number of nitrogens with zero attached hydrogens (tertiary/aromatic N) is 1. The molecule has 0 saturated carbocycles. The lowest BCUT2D eigenvalue weighted by molar-refractivity contribution is 0.0698. The lowest BCUT2D eigenvalue weighted by atomic mass is 10.2. The van der Waals surface area contributed by atoms with Gasteiger partial charge in [-0.1, -0.05) is 24.8 Å². The number of carboxylic acid groups (broad SMARTS) is 1. The van der Waals surface area contributed by atoms with Crippen LogP contribution in [0.3, 0.4) is 0 Å². The fourth-order valence-electron chi connectivity index (χ4n) is 2.01. The van der Waals surface area contributed by atoms with Gasteiger partial charge >= 0.3 is 5.97 Å². The summed E-state index contributed by atoms with van der Waals surface area (Å²) >= 11 is 0.888. The van der Waals surface area contributed by atoms with Crippen molar-refractivity contribution >= 4 is 27.3 Å². The van der Waals surface area contributed by atoms with E-state index in [1.54, 1.807) is 30.3 Å².